The van der Waals surface area contributed by atoms with E-state index in [2.05, 4.69) is 206 Å². The Kier molecular flexibility index (Phi) is 8.81. The molecule has 2 heterocycles. The zero-order chi connectivity index (χ0) is 41.0. The first kappa shape index (κ1) is 36.5. The second-order valence-corrected chi connectivity index (χ2v) is 17.0. The first-order valence-electron chi connectivity index (χ1n) is 22.0. The van der Waals surface area contributed by atoms with Crippen LogP contribution in [0.5, 0.6) is 11.5 Å². The summed E-state index contributed by atoms with van der Waals surface area (Å²) in [6.07, 6.45) is 16.7. The lowest BCUT2D eigenvalue weighted by atomic mass is 9.61. The van der Waals surface area contributed by atoms with Gasteiger partial charge in [0.15, 0.2) is 5.84 Å². The number of allylic oxidation sites excluding steroid dienone is 8. The molecular formula is C59H44N2O. The minimum Gasteiger partial charge on any atom is -0.456 e. The second-order valence-electron chi connectivity index (χ2n) is 17.0. The molecule has 0 saturated carbocycles. The normalized spacial score (nSPS) is 21.6. The Morgan fingerprint density at radius 1 is 0.565 bits per heavy atom. The van der Waals surface area contributed by atoms with E-state index in [0.717, 1.165) is 47.0 Å². The number of para-hydroxylation sites is 2. The number of ether oxygens (including phenoxy) is 1. The van der Waals surface area contributed by atoms with Gasteiger partial charge in [-0.05, 0) is 69.5 Å². The Morgan fingerprint density at radius 2 is 1.24 bits per heavy atom. The molecule has 7 aromatic rings. The maximum absolute atomic E-state index is 7.08. The van der Waals surface area contributed by atoms with E-state index in [4.69, 9.17) is 14.7 Å². The molecule has 7 aromatic carbocycles. The summed E-state index contributed by atoms with van der Waals surface area (Å²) in [5.41, 5.74) is 16.6. The van der Waals surface area contributed by atoms with Gasteiger partial charge in [0.05, 0.1) is 17.2 Å². The van der Waals surface area contributed by atoms with Crippen molar-refractivity contribution in [3.8, 4) is 22.6 Å². The highest BCUT2D eigenvalue weighted by Crippen LogP contribution is 2.65. The largest absolute Gasteiger partial charge is 0.456 e. The van der Waals surface area contributed by atoms with Gasteiger partial charge < -0.3 is 4.74 Å². The van der Waals surface area contributed by atoms with Crippen LogP contribution in [0.15, 0.2) is 222 Å². The molecule has 3 aliphatic carbocycles. The number of nitrogens with zero attached hydrogens (tertiary/aromatic N) is 2. The Hall–Kier alpha value is -7.36. The van der Waals surface area contributed by atoms with Crippen LogP contribution in [0.25, 0.3) is 22.3 Å². The van der Waals surface area contributed by atoms with Crippen LogP contribution in [-0.4, -0.2) is 11.5 Å². The molecular weight excluding hydrogens is 753 g/mol. The van der Waals surface area contributed by atoms with E-state index in [9.17, 15) is 0 Å². The van der Waals surface area contributed by atoms with E-state index in [1.807, 2.05) is 6.07 Å². The van der Waals surface area contributed by atoms with E-state index in [1.165, 1.54) is 61.2 Å². The number of aliphatic imine (C=N–C) groups is 2. The van der Waals surface area contributed by atoms with Crippen LogP contribution >= 0.6 is 0 Å². The van der Waals surface area contributed by atoms with Crippen molar-refractivity contribution in [2.45, 2.75) is 36.6 Å². The van der Waals surface area contributed by atoms with Gasteiger partial charge in [0.1, 0.15) is 11.5 Å². The molecule has 4 atom stereocenters. The van der Waals surface area contributed by atoms with Gasteiger partial charge in [0.2, 0.25) is 0 Å². The Morgan fingerprint density at radius 3 is 2.11 bits per heavy atom. The Bertz CT molecular complexity index is 3090. The van der Waals surface area contributed by atoms with Crippen LogP contribution in [0.4, 0.5) is 0 Å². The van der Waals surface area contributed by atoms with Gasteiger partial charge in [0, 0.05) is 46.1 Å². The van der Waals surface area contributed by atoms with Crippen molar-refractivity contribution >= 4 is 22.7 Å². The van der Waals surface area contributed by atoms with Gasteiger partial charge in [-0.15, -0.1) is 0 Å². The molecule has 5 aliphatic rings. The SMILES string of the molecule is C1=CC2c3ccccc3C3(c4ccccc4Oc4c(C5=CC(c6cccc(C7CC(c8ccccc8-c8ccccc8)=NC(c8ccccc8)=N7)c6)=CCC5)cccc43)C2C=C1. The minimum absolute atomic E-state index is 0.0956. The monoisotopic (exact) mass is 796 g/mol. The third kappa shape index (κ3) is 5.87. The van der Waals surface area contributed by atoms with Crippen LogP contribution < -0.4 is 4.74 Å². The number of fused-ring (bicyclic) bond motifs is 9. The molecule has 0 amide bonds. The highest BCUT2D eigenvalue weighted by molar-refractivity contribution is 6.16. The van der Waals surface area contributed by atoms with Crippen molar-refractivity contribution in [1.29, 1.82) is 0 Å². The lowest BCUT2D eigenvalue weighted by Gasteiger charge is -2.43. The van der Waals surface area contributed by atoms with E-state index in [1.54, 1.807) is 0 Å². The quantitative estimate of drug-likeness (QED) is 0.165. The summed E-state index contributed by atoms with van der Waals surface area (Å²) < 4.78 is 7.08. The number of hydrogen-bond acceptors (Lipinski definition) is 3. The van der Waals surface area contributed by atoms with Crippen molar-refractivity contribution in [2.24, 2.45) is 15.9 Å². The van der Waals surface area contributed by atoms with E-state index in [-0.39, 0.29) is 17.4 Å². The van der Waals surface area contributed by atoms with E-state index in [0.29, 0.717) is 12.3 Å². The molecule has 0 N–H and O–H groups in total. The van der Waals surface area contributed by atoms with Gasteiger partial charge in [-0.2, -0.15) is 0 Å². The Balaban J connectivity index is 0.930. The highest BCUT2D eigenvalue weighted by atomic mass is 16.5. The predicted octanol–water partition coefficient (Wildman–Crippen LogP) is 14.3. The smallest absolute Gasteiger partial charge is 0.155 e. The molecule has 12 rings (SSSR count). The fourth-order valence-corrected chi connectivity index (χ4v) is 11.0. The number of hydrogen-bond donors (Lipinski definition) is 0. The summed E-state index contributed by atoms with van der Waals surface area (Å²) in [6.45, 7) is 0. The zero-order valence-corrected chi connectivity index (χ0v) is 34.4. The lowest BCUT2D eigenvalue weighted by Crippen LogP contribution is -2.37. The standard InChI is InChI=1S/C59H44N2O/c1-3-18-39(19-4-1)45-26-7-8-29-49(45)55-38-54(60-58(61-55)40-20-5-2-6-21-40)44-25-16-23-42(37-44)41-22-15-24-43(36-41)46-30-17-34-53-57(46)62-56-35-14-13-33-52(56)59(53)50-31-11-9-27-47(50)48-28-10-12-32-51(48)59/h1-14,16-23,25-37,47,50,54H,15,24,38H2. The van der Waals surface area contributed by atoms with E-state index < -0.39 is 0 Å². The van der Waals surface area contributed by atoms with Crippen LogP contribution in [0.1, 0.15) is 81.3 Å². The van der Waals surface area contributed by atoms with Crippen LogP contribution in [0.2, 0.25) is 0 Å². The summed E-state index contributed by atoms with van der Waals surface area (Å²) in [5, 5.41) is 0. The molecule has 3 nitrogen and oxygen atoms in total. The van der Waals surface area contributed by atoms with Crippen molar-refractivity contribution in [3.63, 3.8) is 0 Å². The third-order valence-corrected chi connectivity index (χ3v) is 13.7. The van der Waals surface area contributed by atoms with Gasteiger partial charge in [-0.3, -0.25) is 4.99 Å². The van der Waals surface area contributed by atoms with Crippen molar-refractivity contribution in [1.82, 2.24) is 0 Å². The van der Waals surface area contributed by atoms with Crippen LogP contribution in [0.3, 0.4) is 0 Å². The van der Waals surface area contributed by atoms with Gasteiger partial charge in [-0.25, -0.2) is 4.99 Å². The fraction of sp³-hybridized carbons (Fsp3) is 0.119. The average molecular weight is 797 g/mol. The molecule has 3 heteroatoms. The maximum atomic E-state index is 7.08. The first-order chi connectivity index (χ1) is 30.7. The molecule has 296 valence electrons. The van der Waals surface area contributed by atoms with Gasteiger partial charge in [-0.1, -0.05) is 200 Å². The summed E-state index contributed by atoms with van der Waals surface area (Å²) in [5.74, 6) is 3.24. The molecule has 2 aliphatic heterocycles. The summed E-state index contributed by atoms with van der Waals surface area (Å²) >= 11 is 0. The third-order valence-electron chi connectivity index (χ3n) is 13.7. The summed E-state index contributed by atoms with van der Waals surface area (Å²) in [7, 11) is 0. The highest BCUT2D eigenvalue weighted by Gasteiger charge is 2.56. The fourth-order valence-electron chi connectivity index (χ4n) is 11.0. The average Bonchev–Trinajstić information content (AvgIpc) is 3.65. The van der Waals surface area contributed by atoms with Crippen molar-refractivity contribution < 1.29 is 4.74 Å². The maximum Gasteiger partial charge on any atom is 0.155 e. The van der Waals surface area contributed by atoms with E-state index >= 15 is 0 Å². The van der Waals surface area contributed by atoms with Crippen LogP contribution in [0, 0.1) is 5.92 Å². The van der Waals surface area contributed by atoms with Crippen LogP contribution in [-0.2, 0) is 5.41 Å². The number of benzene rings is 7. The molecule has 0 radical (unpaired) electrons. The molecule has 4 unspecified atom stereocenters. The molecule has 0 bridgehead atoms. The first-order valence-corrected chi connectivity index (χ1v) is 22.0. The van der Waals surface area contributed by atoms with Crippen molar-refractivity contribution in [3.05, 3.63) is 262 Å². The zero-order valence-electron chi connectivity index (χ0n) is 34.4. The molecule has 1 spiro atoms. The second kappa shape index (κ2) is 15.0. The summed E-state index contributed by atoms with van der Waals surface area (Å²) in [4.78, 5) is 10.6. The van der Waals surface area contributed by atoms with Crippen molar-refractivity contribution in [2.75, 3.05) is 0 Å². The Labute approximate surface area is 363 Å². The van der Waals surface area contributed by atoms with Gasteiger partial charge in [0.25, 0.3) is 0 Å². The molecule has 0 saturated heterocycles. The lowest BCUT2D eigenvalue weighted by molar-refractivity contribution is 0.373. The number of rotatable bonds is 6. The number of amidine groups is 1. The minimum atomic E-state index is -0.367. The topological polar surface area (TPSA) is 34.0 Å². The predicted molar refractivity (Wildman–Crippen MR) is 254 cm³/mol. The molecule has 0 aromatic heterocycles. The molecule has 62 heavy (non-hydrogen) atoms. The molecule has 0 fully saturated rings. The summed E-state index contributed by atoms with van der Waals surface area (Å²) in [6, 6.07) is 63.3. The van der Waals surface area contributed by atoms with Gasteiger partial charge >= 0.3 is 0 Å².